The van der Waals surface area contributed by atoms with E-state index in [4.69, 9.17) is 4.74 Å². The molecule has 3 aromatic rings. The van der Waals surface area contributed by atoms with Gasteiger partial charge >= 0.3 is 5.97 Å². The second kappa shape index (κ2) is 14.0. The number of piperidine rings is 1. The molecule has 1 saturated heterocycles. The van der Waals surface area contributed by atoms with Gasteiger partial charge in [-0.25, -0.2) is 0 Å². The number of nitrogens with zero attached hydrogens (tertiary/aromatic N) is 1. The van der Waals surface area contributed by atoms with Gasteiger partial charge in [-0.15, -0.1) is 0 Å². The van der Waals surface area contributed by atoms with Crippen molar-refractivity contribution in [2.75, 3.05) is 26.2 Å². The topological polar surface area (TPSA) is 58.6 Å². The number of ether oxygens (including phenoxy) is 1. The summed E-state index contributed by atoms with van der Waals surface area (Å²) >= 11 is 0. The number of esters is 1. The summed E-state index contributed by atoms with van der Waals surface area (Å²) in [6, 6.07) is 20.1. The summed E-state index contributed by atoms with van der Waals surface area (Å²) in [5.74, 6) is 7.28. The van der Waals surface area contributed by atoms with E-state index in [1.54, 1.807) is 0 Å². The van der Waals surface area contributed by atoms with Crippen LogP contribution >= 0.6 is 0 Å². The third-order valence-electron chi connectivity index (χ3n) is 7.57. The summed E-state index contributed by atoms with van der Waals surface area (Å²) in [4.78, 5) is 26.9. The number of carbonyl (C=O) groups excluding carboxylic acids is 2. The number of hydrogen-bond acceptors (Lipinski definition) is 4. The molecule has 0 unspecified atom stereocenters. The number of rotatable bonds is 9. The first-order valence-electron chi connectivity index (χ1n) is 14.2. The summed E-state index contributed by atoms with van der Waals surface area (Å²) in [5, 5.41) is 5.43. The summed E-state index contributed by atoms with van der Waals surface area (Å²) in [5.41, 5.74) is 3.80. The van der Waals surface area contributed by atoms with Gasteiger partial charge < -0.3 is 15.0 Å². The second-order valence-electron chi connectivity index (χ2n) is 10.4. The first-order chi connectivity index (χ1) is 19.0. The summed E-state index contributed by atoms with van der Waals surface area (Å²) < 4.78 is 5.01. The number of unbranched alkanes of at least 4 members (excludes halogenated alkanes) is 1. The number of amides is 1. The largest absolute Gasteiger partial charge is 0.466 e. The molecule has 5 heteroatoms. The second-order valence-corrected chi connectivity index (χ2v) is 10.4. The Bertz CT molecular complexity index is 1350. The van der Waals surface area contributed by atoms with E-state index in [0.29, 0.717) is 24.5 Å². The monoisotopic (exact) mass is 524 g/mol. The molecular weight excluding hydrogens is 484 g/mol. The van der Waals surface area contributed by atoms with E-state index in [-0.39, 0.29) is 17.9 Å². The number of hydrogen-bond donors (Lipinski definition) is 1. The van der Waals surface area contributed by atoms with Gasteiger partial charge in [0.1, 0.15) is 0 Å². The van der Waals surface area contributed by atoms with E-state index in [1.807, 2.05) is 57.2 Å². The van der Waals surface area contributed by atoms with Crippen LogP contribution in [0.5, 0.6) is 0 Å². The maximum atomic E-state index is 12.9. The fourth-order valence-electron chi connectivity index (χ4n) is 5.31. The van der Waals surface area contributed by atoms with Gasteiger partial charge in [0.2, 0.25) is 0 Å². The highest BCUT2D eigenvalue weighted by Crippen LogP contribution is 2.28. The van der Waals surface area contributed by atoms with Crippen LogP contribution in [0, 0.1) is 24.7 Å². The third kappa shape index (κ3) is 7.71. The minimum atomic E-state index is -0.134. The highest BCUT2D eigenvalue weighted by atomic mass is 16.5. The molecule has 0 bridgehead atoms. The number of fused-ring (bicyclic) bond motifs is 1. The highest BCUT2D eigenvalue weighted by Gasteiger charge is 2.18. The molecule has 4 rings (SSSR count). The Kier molecular flexibility index (Phi) is 10.2. The molecule has 1 aliphatic heterocycles. The first-order valence-corrected chi connectivity index (χ1v) is 14.2. The van der Waals surface area contributed by atoms with E-state index in [2.05, 4.69) is 46.3 Å². The van der Waals surface area contributed by atoms with Crippen molar-refractivity contribution >= 4 is 22.6 Å². The summed E-state index contributed by atoms with van der Waals surface area (Å²) in [6.45, 7) is 9.43. The van der Waals surface area contributed by atoms with E-state index in [0.717, 1.165) is 72.8 Å². The van der Waals surface area contributed by atoms with Gasteiger partial charge in [0, 0.05) is 23.5 Å². The maximum Gasteiger partial charge on any atom is 0.305 e. The van der Waals surface area contributed by atoms with Crippen molar-refractivity contribution in [2.45, 2.75) is 58.9 Å². The Hall–Kier alpha value is -3.62. The van der Waals surface area contributed by atoms with Crippen LogP contribution in [-0.4, -0.2) is 43.0 Å². The van der Waals surface area contributed by atoms with E-state index >= 15 is 0 Å². The molecule has 204 valence electrons. The van der Waals surface area contributed by atoms with Gasteiger partial charge in [-0.3, -0.25) is 9.59 Å². The molecule has 5 nitrogen and oxygen atoms in total. The molecule has 1 N–H and O–H groups in total. The van der Waals surface area contributed by atoms with E-state index in [1.165, 1.54) is 0 Å². The van der Waals surface area contributed by atoms with Crippen molar-refractivity contribution in [3.05, 3.63) is 82.9 Å². The Labute approximate surface area is 232 Å². The van der Waals surface area contributed by atoms with Gasteiger partial charge in [-0.05, 0) is 100 Å². The van der Waals surface area contributed by atoms with Crippen molar-refractivity contribution in [3.8, 4) is 11.8 Å². The van der Waals surface area contributed by atoms with Crippen molar-refractivity contribution < 1.29 is 14.3 Å². The van der Waals surface area contributed by atoms with Crippen LogP contribution in [0.2, 0.25) is 0 Å². The quantitative estimate of drug-likeness (QED) is 0.199. The Morgan fingerprint density at radius 3 is 2.46 bits per heavy atom. The molecule has 0 saturated carbocycles. The lowest BCUT2D eigenvalue weighted by molar-refractivity contribution is -0.143. The average molecular weight is 525 g/mol. The van der Waals surface area contributed by atoms with Crippen LogP contribution in [0.4, 0.5) is 0 Å². The van der Waals surface area contributed by atoms with E-state index < -0.39 is 0 Å². The number of aryl methyl sites for hydroxylation is 1. The molecule has 0 aromatic heterocycles. The summed E-state index contributed by atoms with van der Waals surface area (Å²) in [7, 11) is 0. The molecule has 0 aliphatic carbocycles. The first kappa shape index (κ1) is 28.4. The third-order valence-corrected chi connectivity index (χ3v) is 7.57. The average Bonchev–Trinajstić information content (AvgIpc) is 2.95. The SMILES string of the molecule is CCOC(=O)CCCCN1CCC(C#Cc2ccc([C@@H](C)NC(=O)c3ccccc3C)c3ccccc23)CC1. The molecule has 1 fully saturated rings. The van der Waals surface area contributed by atoms with Crippen molar-refractivity contribution in [3.63, 3.8) is 0 Å². The van der Waals surface area contributed by atoms with Crippen LogP contribution in [-0.2, 0) is 9.53 Å². The standard InChI is InChI=1S/C34H40N2O3/c1-4-39-33(37)15-9-10-22-36-23-20-27(21-24-36)16-17-28-18-19-30(32-14-8-7-13-31(28)32)26(3)35-34(38)29-12-6-5-11-25(29)2/h5-8,11-14,18-19,26-27H,4,9-10,15,20-24H2,1-3H3,(H,35,38)/t26-/m1/s1. The van der Waals surface area contributed by atoms with Crippen molar-refractivity contribution in [1.29, 1.82) is 0 Å². The van der Waals surface area contributed by atoms with Crippen LogP contribution in [0.25, 0.3) is 10.8 Å². The molecule has 39 heavy (non-hydrogen) atoms. The van der Waals surface area contributed by atoms with Gasteiger partial charge in [0.15, 0.2) is 0 Å². The zero-order valence-electron chi connectivity index (χ0n) is 23.5. The molecular formula is C34H40N2O3. The van der Waals surface area contributed by atoms with Crippen LogP contribution in [0.1, 0.15) is 79.0 Å². The van der Waals surface area contributed by atoms with Gasteiger partial charge in [-0.2, -0.15) is 0 Å². The Balaban J connectivity index is 1.36. The lowest BCUT2D eigenvalue weighted by atomic mass is 9.94. The minimum absolute atomic E-state index is 0.0566. The number of carbonyl (C=O) groups is 2. The van der Waals surface area contributed by atoms with E-state index in [9.17, 15) is 9.59 Å². The van der Waals surface area contributed by atoms with Gasteiger partial charge in [0.05, 0.1) is 12.6 Å². The number of likely N-dealkylation sites (tertiary alicyclic amines) is 1. The number of nitrogens with one attached hydrogen (secondary N) is 1. The zero-order valence-corrected chi connectivity index (χ0v) is 23.5. The van der Waals surface area contributed by atoms with Crippen molar-refractivity contribution in [2.24, 2.45) is 5.92 Å². The summed E-state index contributed by atoms with van der Waals surface area (Å²) in [6.07, 6.45) is 4.57. The highest BCUT2D eigenvalue weighted by molar-refractivity contribution is 5.97. The molecule has 3 aromatic carbocycles. The fourth-order valence-corrected chi connectivity index (χ4v) is 5.31. The normalized spacial score (nSPS) is 14.8. The Morgan fingerprint density at radius 1 is 1.00 bits per heavy atom. The van der Waals surface area contributed by atoms with Crippen molar-refractivity contribution in [1.82, 2.24) is 10.2 Å². The lowest BCUT2D eigenvalue weighted by Crippen LogP contribution is -2.34. The van der Waals surface area contributed by atoms with Crippen LogP contribution in [0.3, 0.4) is 0 Å². The lowest BCUT2D eigenvalue weighted by Gasteiger charge is -2.29. The maximum absolute atomic E-state index is 12.9. The minimum Gasteiger partial charge on any atom is -0.466 e. The molecule has 1 heterocycles. The number of benzene rings is 3. The fraction of sp³-hybridized carbons (Fsp3) is 0.412. The molecule has 0 spiro atoms. The predicted octanol–water partition coefficient (Wildman–Crippen LogP) is 6.44. The molecule has 1 atom stereocenters. The van der Waals surface area contributed by atoms with Gasteiger partial charge in [-0.1, -0.05) is 60.4 Å². The Morgan fingerprint density at radius 2 is 1.72 bits per heavy atom. The van der Waals surface area contributed by atoms with Gasteiger partial charge in [0.25, 0.3) is 5.91 Å². The van der Waals surface area contributed by atoms with Crippen LogP contribution in [0.15, 0.2) is 60.7 Å². The molecule has 0 radical (unpaired) electrons. The van der Waals surface area contributed by atoms with Crippen LogP contribution < -0.4 is 5.32 Å². The zero-order chi connectivity index (χ0) is 27.6. The molecule has 1 aliphatic rings. The molecule has 1 amide bonds. The smallest absolute Gasteiger partial charge is 0.305 e. The predicted molar refractivity (Wildman–Crippen MR) is 158 cm³/mol.